The van der Waals surface area contributed by atoms with Crippen LogP contribution >= 0.6 is 0 Å². The van der Waals surface area contributed by atoms with Gasteiger partial charge in [-0.3, -0.25) is 0 Å². The summed E-state index contributed by atoms with van der Waals surface area (Å²) in [5, 5.41) is 0. The molecule has 0 aromatic heterocycles. The van der Waals surface area contributed by atoms with Gasteiger partial charge in [0.1, 0.15) is 0 Å². The second-order valence-corrected chi connectivity index (χ2v) is 6.42. The third-order valence-electron chi connectivity index (χ3n) is 4.80. The molecule has 0 N–H and O–H groups in total. The van der Waals surface area contributed by atoms with Crippen molar-refractivity contribution in [3.63, 3.8) is 0 Å². The molecule has 2 nitrogen and oxygen atoms in total. The molecule has 0 aliphatic carbocycles. The number of piperidine rings is 1. The fraction of sp³-hybridized carbons (Fsp3) is 0.684. The topological polar surface area (TPSA) is 6.48 Å². The van der Waals surface area contributed by atoms with Crippen LogP contribution in [0.4, 0.5) is 5.69 Å². The third kappa shape index (κ3) is 4.74. The lowest BCUT2D eigenvalue weighted by molar-refractivity contribution is 0.171. The number of anilines is 1. The van der Waals surface area contributed by atoms with E-state index in [-0.39, 0.29) is 0 Å². The summed E-state index contributed by atoms with van der Waals surface area (Å²) < 4.78 is 0. The van der Waals surface area contributed by atoms with Crippen molar-refractivity contribution in [1.82, 2.24) is 4.90 Å². The van der Waals surface area contributed by atoms with E-state index in [9.17, 15) is 0 Å². The van der Waals surface area contributed by atoms with Crippen LogP contribution in [0.1, 0.15) is 40.0 Å². The molecular weight excluding hydrogens is 256 g/mol. The predicted octanol–water partition coefficient (Wildman–Crippen LogP) is 4.27. The molecule has 2 aliphatic heterocycles. The largest absolute Gasteiger partial charge is 0.371 e. The average molecular weight is 288 g/mol. The van der Waals surface area contributed by atoms with E-state index >= 15 is 0 Å². The molecule has 2 heteroatoms. The Balaban J connectivity index is 0.000000774. The van der Waals surface area contributed by atoms with Crippen molar-refractivity contribution in [2.24, 2.45) is 11.8 Å². The molecular formula is C19H32N2. The number of hydrogen-bond donors (Lipinski definition) is 0. The average Bonchev–Trinajstić information content (AvgIpc) is 3.01. The van der Waals surface area contributed by atoms with Gasteiger partial charge in [0.25, 0.3) is 0 Å². The van der Waals surface area contributed by atoms with Gasteiger partial charge >= 0.3 is 0 Å². The smallest absolute Gasteiger partial charge is 0.0366 e. The molecule has 2 aliphatic rings. The van der Waals surface area contributed by atoms with Crippen LogP contribution in [0.15, 0.2) is 30.3 Å². The molecule has 0 saturated carbocycles. The van der Waals surface area contributed by atoms with Crippen molar-refractivity contribution in [1.29, 1.82) is 0 Å². The molecule has 3 rings (SSSR count). The van der Waals surface area contributed by atoms with Gasteiger partial charge < -0.3 is 9.80 Å². The number of para-hydroxylation sites is 1. The molecule has 1 aromatic carbocycles. The summed E-state index contributed by atoms with van der Waals surface area (Å²) in [6.45, 7) is 12.8. The molecule has 2 saturated heterocycles. The summed E-state index contributed by atoms with van der Waals surface area (Å²) in [6.07, 6.45) is 4.16. The number of nitrogens with zero attached hydrogens (tertiary/aromatic N) is 2. The summed E-state index contributed by atoms with van der Waals surface area (Å²) >= 11 is 0. The van der Waals surface area contributed by atoms with E-state index < -0.39 is 0 Å². The highest BCUT2D eigenvalue weighted by molar-refractivity contribution is 5.46. The Labute approximate surface area is 131 Å². The van der Waals surface area contributed by atoms with E-state index in [0.717, 1.165) is 11.8 Å². The molecule has 0 radical (unpaired) electrons. The van der Waals surface area contributed by atoms with Crippen molar-refractivity contribution in [3.8, 4) is 0 Å². The fourth-order valence-electron chi connectivity index (χ4n) is 3.46. The first-order valence-electron chi connectivity index (χ1n) is 8.83. The molecule has 118 valence electrons. The highest BCUT2D eigenvalue weighted by Crippen LogP contribution is 2.25. The van der Waals surface area contributed by atoms with Crippen LogP contribution in [-0.2, 0) is 0 Å². The highest BCUT2D eigenvalue weighted by atomic mass is 15.2. The van der Waals surface area contributed by atoms with Gasteiger partial charge in [-0.05, 0) is 56.3 Å². The third-order valence-corrected chi connectivity index (χ3v) is 4.80. The molecule has 0 amide bonds. The number of rotatable bonds is 3. The van der Waals surface area contributed by atoms with E-state index in [2.05, 4.69) is 47.1 Å². The van der Waals surface area contributed by atoms with Crippen molar-refractivity contribution < 1.29 is 0 Å². The Bertz CT molecular complexity index is 382. The lowest BCUT2D eigenvalue weighted by atomic mass is 9.98. The minimum atomic E-state index is 0.869. The Morgan fingerprint density at radius 3 is 2.29 bits per heavy atom. The van der Waals surface area contributed by atoms with Gasteiger partial charge in [-0.25, -0.2) is 0 Å². The van der Waals surface area contributed by atoms with E-state index in [0.29, 0.717) is 0 Å². The lowest BCUT2D eigenvalue weighted by Gasteiger charge is -2.32. The maximum atomic E-state index is 2.69. The minimum Gasteiger partial charge on any atom is -0.371 e. The Morgan fingerprint density at radius 1 is 0.952 bits per heavy atom. The van der Waals surface area contributed by atoms with Gasteiger partial charge in [0.15, 0.2) is 0 Å². The van der Waals surface area contributed by atoms with Crippen molar-refractivity contribution >= 4 is 5.69 Å². The normalized spacial score (nSPS) is 23.8. The summed E-state index contributed by atoms with van der Waals surface area (Å²) in [4.78, 5) is 5.25. The second-order valence-electron chi connectivity index (χ2n) is 6.42. The Kier molecular flexibility index (Phi) is 6.56. The standard InChI is InChI=1S/C17H26N2.C2H6/c1-15-7-10-18(11-8-15)13-16-9-12-19(14-16)17-5-3-2-4-6-17;1-2/h2-6,15-16H,7-14H2,1H3;1-2H3. The van der Waals surface area contributed by atoms with Crippen LogP contribution in [0.3, 0.4) is 0 Å². The fourth-order valence-corrected chi connectivity index (χ4v) is 3.46. The quantitative estimate of drug-likeness (QED) is 0.819. The minimum absolute atomic E-state index is 0.869. The van der Waals surface area contributed by atoms with Crippen LogP contribution in [-0.4, -0.2) is 37.6 Å². The zero-order chi connectivity index (χ0) is 15.1. The maximum Gasteiger partial charge on any atom is 0.0366 e. The molecule has 21 heavy (non-hydrogen) atoms. The number of likely N-dealkylation sites (tertiary alicyclic amines) is 1. The Hall–Kier alpha value is -1.02. The molecule has 2 fully saturated rings. The molecule has 0 spiro atoms. The van der Waals surface area contributed by atoms with E-state index in [1.165, 1.54) is 57.7 Å². The van der Waals surface area contributed by atoms with Gasteiger partial charge in [0.2, 0.25) is 0 Å². The van der Waals surface area contributed by atoms with Gasteiger partial charge in [-0.15, -0.1) is 0 Å². The van der Waals surface area contributed by atoms with Gasteiger partial charge in [0.05, 0.1) is 0 Å². The van der Waals surface area contributed by atoms with E-state index in [1.54, 1.807) is 0 Å². The first kappa shape index (κ1) is 16.4. The summed E-state index contributed by atoms with van der Waals surface area (Å²) in [5.74, 6) is 1.81. The molecule has 1 aromatic rings. The second kappa shape index (κ2) is 8.43. The van der Waals surface area contributed by atoms with Crippen molar-refractivity contribution in [2.75, 3.05) is 37.6 Å². The zero-order valence-corrected chi connectivity index (χ0v) is 14.1. The molecule has 2 heterocycles. The zero-order valence-electron chi connectivity index (χ0n) is 14.1. The van der Waals surface area contributed by atoms with E-state index in [1.807, 2.05) is 13.8 Å². The van der Waals surface area contributed by atoms with E-state index in [4.69, 9.17) is 0 Å². The first-order valence-corrected chi connectivity index (χ1v) is 8.83. The van der Waals surface area contributed by atoms with Gasteiger partial charge in [-0.2, -0.15) is 0 Å². The highest BCUT2D eigenvalue weighted by Gasteiger charge is 2.25. The molecule has 1 unspecified atom stereocenters. The van der Waals surface area contributed by atoms with Crippen molar-refractivity contribution in [3.05, 3.63) is 30.3 Å². The van der Waals surface area contributed by atoms with Crippen LogP contribution < -0.4 is 4.90 Å². The first-order chi connectivity index (χ1) is 10.3. The predicted molar refractivity (Wildman–Crippen MR) is 92.9 cm³/mol. The Morgan fingerprint density at radius 2 is 1.62 bits per heavy atom. The van der Waals surface area contributed by atoms with Crippen molar-refractivity contribution in [2.45, 2.75) is 40.0 Å². The maximum absolute atomic E-state index is 2.69. The van der Waals surface area contributed by atoms with Crippen LogP contribution in [0, 0.1) is 11.8 Å². The van der Waals surface area contributed by atoms with Crippen LogP contribution in [0.5, 0.6) is 0 Å². The summed E-state index contributed by atoms with van der Waals surface area (Å²) in [5.41, 5.74) is 1.40. The number of hydrogen-bond acceptors (Lipinski definition) is 2. The SMILES string of the molecule is CC.CC1CCN(CC2CCN(c3ccccc3)C2)CC1. The van der Waals surface area contributed by atoms with Gasteiger partial charge in [0, 0.05) is 25.3 Å². The van der Waals surface area contributed by atoms with Gasteiger partial charge in [-0.1, -0.05) is 39.0 Å². The molecule has 1 atom stereocenters. The van der Waals surface area contributed by atoms with Crippen LogP contribution in [0.2, 0.25) is 0 Å². The summed E-state index contributed by atoms with van der Waals surface area (Å²) in [6, 6.07) is 10.9. The number of benzene rings is 1. The van der Waals surface area contributed by atoms with Crippen LogP contribution in [0.25, 0.3) is 0 Å². The molecule has 0 bridgehead atoms. The summed E-state index contributed by atoms with van der Waals surface area (Å²) in [7, 11) is 0. The lowest BCUT2D eigenvalue weighted by Crippen LogP contribution is -2.37. The monoisotopic (exact) mass is 288 g/mol.